The van der Waals surface area contributed by atoms with Gasteiger partial charge < -0.3 is 5.73 Å². The molecule has 0 radical (unpaired) electrons. The minimum atomic E-state index is -3.01. The highest BCUT2D eigenvalue weighted by atomic mass is 32.2. The van der Waals surface area contributed by atoms with Crippen LogP contribution in [0, 0.1) is 5.82 Å². The van der Waals surface area contributed by atoms with Crippen LogP contribution in [0.25, 0.3) is 0 Å². The van der Waals surface area contributed by atoms with Gasteiger partial charge in [-0.25, -0.2) is 12.8 Å². The zero-order valence-corrected chi connectivity index (χ0v) is 10.6. The predicted octanol–water partition coefficient (Wildman–Crippen LogP) is 1.36. The molecule has 0 aromatic heterocycles. The largest absolute Gasteiger partial charge is 0.321 e. The second-order valence-corrected chi connectivity index (χ2v) is 7.10. The summed E-state index contributed by atoms with van der Waals surface area (Å²) in [5.41, 5.74) is 7.42. The smallest absolute Gasteiger partial charge is 0.147 e. The third kappa shape index (κ3) is 2.66. The highest BCUT2D eigenvalue weighted by Gasteiger charge is 2.35. The summed E-state index contributed by atoms with van der Waals surface area (Å²) in [6.45, 7) is 0. The normalized spacial score (nSPS) is 23.7. The van der Waals surface area contributed by atoms with Gasteiger partial charge in [-0.05, 0) is 42.5 Å². The van der Waals surface area contributed by atoms with Crippen LogP contribution in [-0.2, 0) is 21.8 Å². The average Bonchev–Trinajstić information content (AvgIpc) is 2.53. The molecule has 0 fully saturated rings. The first kappa shape index (κ1) is 12.5. The molecule has 1 atom stereocenters. The molecule has 2 N–H and O–H groups in total. The maximum absolute atomic E-state index is 13.1. The number of hydrogen-bond donors (Lipinski definition) is 1. The first-order valence-electron chi connectivity index (χ1n) is 5.56. The van der Waals surface area contributed by atoms with E-state index in [1.165, 1.54) is 18.4 Å². The van der Waals surface area contributed by atoms with Crippen LogP contribution in [0.4, 0.5) is 4.39 Å². The van der Waals surface area contributed by atoms with E-state index in [0.717, 1.165) is 11.1 Å². The van der Waals surface area contributed by atoms with Gasteiger partial charge in [0, 0.05) is 11.8 Å². The lowest BCUT2D eigenvalue weighted by molar-refractivity contribution is 0.425. The van der Waals surface area contributed by atoms with Crippen molar-refractivity contribution in [1.29, 1.82) is 0 Å². The lowest BCUT2D eigenvalue weighted by atomic mass is 9.90. The van der Waals surface area contributed by atoms with Crippen LogP contribution >= 0.6 is 0 Å². The highest BCUT2D eigenvalue weighted by Crippen LogP contribution is 2.37. The summed E-state index contributed by atoms with van der Waals surface area (Å²) in [6, 6.07) is 4.55. The van der Waals surface area contributed by atoms with Crippen molar-refractivity contribution < 1.29 is 12.8 Å². The molecule has 0 saturated heterocycles. The number of halogens is 1. The van der Waals surface area contributed by atoms with Crippen molar-refractivity contribution in [3.05, 3.63) is 35.1 Å². The summed E-state index contributed by atoms with van der Waals surface area (Å²) in [6.07, 6.45) is 3.00. The molecule has 1 unspecified atom stereocenters. The zero-order chi connectivity index (χ0) is 12.7. The first-order valence-corrected chi connectivity index (χ1v) is 7.62. The van der Waals surface area contributed by atoms with Gasteiger partial charge >= 0.3 is 0 Å². The number of rotatable bonds is 3. The van der Waals surface area contributed by atoms with Gasteiger partial charge in [-0.3, -0.25) is 0 Å². The highest BCUT2D eigenvalue weighted by molar-refractivity contribution is 7.90. The quantitative estimate of drug-likeness (QED) is 0.889. The van der Waals surface area contributed by atoms with Crippen LogP contribution in [-0.4, -0.2) is 20.4 Å². The monoisotopic (exact) mass is 257 g/mol. The Morgan fingerprint density at radius 3 is 2.82 bits per heavy atom. The summed E-state index contributed by atoms with van der Waals surface area (Å²) in [5.74, 6) is -0.198. The van der Waals surface area contributed by atoms with E-state index in [-0.39, 0.29) is 11.6 Å². The molecule has 5 heteroatoms. The summed E-state index contributed by atoms with van der Waals surface area (Å²) in [4.78, 5) is 0. The number of hydrogen-bond acceptors (Lipinski definition) is 3. The molecule has 0 spiro atoms. The van der Waals surface area contributed by atoms with E-state index in [0.29, 0.717) is 19.3 Å². The number of nitrogens with two attached hydrogens (primary N) is 1. The van der Waals surface area contributed by atoms with E-state index >= 15 is 0 Å². The number of benzene rings is 1. The molecule has 0 aliphatic heterocycles. The summed E-state index contributed by atoms with van der Waals surface area (Å²) in [5, 5.41) is 0. The lowest BCUT2D eigenvalue weighted by Crippen LogP contribution is -2.36. The van der Waals surface area contributed by atoms with Gasteiger partial charge in [0.05, 0.1) is 5.75 Å². The van der Waals surface area contributed by atoms with Crippen molar-refractivity contribution >= 4 is 9.84 Å². The molecule has 0 saturated carbocycles. The predicted molar refractivity (Wildman–Crippen MR) is 64.9 cm³/mol. The van der Waals surface area contributed by atoms with Crippen LogP contribution in [0.3, 0.4) is 0 Å². The van der Waals surface area contributed by atoms with Crippen LogP contribution in [0.1, 0.15) is 24.0 Å². The Bertz CT molecular complexity index is 541. The molecule has 1 aliphatic carbocycles. The number of aryl methyl sites for hydroxylation is 1. The summed E-state index contributed by atoms with van der Waals surface area (Å²) in [7, 11) is -3.01. The van der Waals surface area contributed by atoms with E-state index in [4.69, 9.17) is 5.73 Å². The fraction of sp³-hybridized carbons (Fsp3) is 0.500. The van der Waals surface area contributed by atoms with Gasteiger partial charge in [-0.2, -0.15) is 0 Å². The molecule has 0 bridgehead atoms. The van der Waals surface area contributed by atoms with Crippen molar-refractivity contribution in [2.45, 2.75) is 24.8 Å². The van der Waals surface area contributed by atoms with Crippen molar-refractivity contribution in [3.63, 3.8) is 0 Å². The topological polar surface area (TPSA) is 60.2 Å². The van der Waals surface area contributed by atoms with E-state index in [1.807, 2.05) is 0 Å². The third-order valence-corrected chi connectivity index (χ3v) is 4.31. The fourth-order valence-electron chi connectivity index (χ4n) is 2.37. The summed E-state index contributed by atoms with van der Waals surface area (Å²) >= 11 is 0. The Balaban J connectivity index is 2.25. The molecule has 0 heterocycles. The lowest BCUT2D eigenvalue weighted by Gasteiger charge is -2.25. The van der Waals surface area contributed by atoms with E-state index in [9.17, 15) is 12.8 Å². The second-order valence-electron chi connectivity index (χ2n) is 4.84. The fourth-order valence-corrected chi connectivity index (χ4v) is 3.11. The van der Waals surface area contributed by atoms with E-state index in [1.54, 1.807) is 6.07 Å². The van der Waals surface area contributed by atoms with Crippen LogP contribution < -0.4 is 5.73 Å². The van der Waals surface area contributed by atoms with Crippen molar-refractivity contribution in [2.75, 3.05) is 12.0 Å². The Morgan fingerprint density at radius 1 is 1.47 bits per heavy atom. The Hall–Kier alpha value is -0.940. The SMILES string of the molecule is CS(=O)(=O)CCC1(N)CCc2cc(F)ccc21. The maximum atomic E-state index is 13.1. The molecule has 2 rings (SSSR count). The maximum Gasteiger partial charge on any atom is 0.147 e. The third-order valence-electron chi connectivity index (χ3n) is 3.36. The molecule has 17 heavy (non-hydrogen) atoms. The van der Waals surface area contributed by atoms with Crippen molar-refractivity contribution in [2.24, 2.45) is 5.73 Å². The first-order chi connectivity index (χ1) is 7.80. The standard InChI is InChI=1S/C12H16FNO2S/c1-17(15,16)7-6-12(14)5-4-9-8-10(13)2-3-11(9)12/h2-3,8H,4-7,14H2,1H3. The molecular formula is C12H16FNO2S. The van der Waals surface area contributed by atoms with Crippen LogP contribution in [0.15, 0.2) is 18.2 Å². The average molecular weight is 257 g/mol. The Morgan fingerprint density at radius 2 is 2.18 bits per heavy atom. The van der Waals surface area contributed by atoms with E-state index < -0.39 is 15.4 Å². The van der Waals surface area contributed by atoms with Crippen LogP contribution in [0.5, 0.6) is 0 Å². The minimum absolute atomic E-state index is 0.0698. The number of sulfone groups is 1. The Labute approximate surface area is 101 Å². The zero-order valence-electron chi connectivity index (χ0n) is 9.74. The molecule has 1 aromatic carbocycles. The van der Waals surface area contributed by atoms with Gasteiger partial charge in [-0.1, -0.05) is 6.07 Å². The molecule has 94 valence electrons. The van der Waals surface area contributed by atoms with Gasteiger partial charge in [-0.15, -0.1) is 0 Å². The molecule has 3 nitrogen and oxygen atoms in total. The minimum Gasteiger partial charge on any atom is -0.321 e. The molecular weight excluding hydrogens is 241 g/mol. The number of fused-ring (bicyclic) bond motifs is 1. The van der Waals surface area contributed by atoms with Crippen molar-refractivity contribution in [3.8, 4) is 0 Å². The van der Waals surface area contributed by atoms with Gasteiger partial charge in [0.1, 0.15) is 15.7 Å². The molecule has 1 aromatic rings. The van der Waals surface area contributed by atoms with E-state index in [2.05, 4.69) is 0 Å². The van der Waals surface area contributed by atoms with Crippen LogP contribution in [0.2, 0.25) is 0 Å². The Kier molecular flexibility index (Phi) is 2.99. The van der Waals surface area contributed by atoms with Gasteiger partial charge in [0.2, 0.25) is 0 Å². The molecule has 0 amide bonds. The second kappa shape index (κ2) is 4.07. The van der Waals surface area contributed by atoms with Gasteiger partial charge in [0.15, 0.2) is 0 Å². The van der Waals surface area contributed by atoms with Gasteiger partial charge in [0.25, 0.3) is 0 Å². The summed E-state index contributed by atoms with van der Waals surface area (Å²) < 4.78 is 35.4. The molecule has 1 aliphatic rings. The van der Waals surface area contributed by atoms with Crippen molar-refractivity contribution in [1.82, 2.24) is 0 Å².